The fourth-order valence-corrected chi connectivity index (χ4v) is 2.43. The van der Waals surface area contributed by atoms with Crippen molar-refractivity contribution < 1.29 is 5.11 Å². The summed E-state index contributed by atoms with van der Waals surface area (Å²) in [6.07, 6.45) is 0. The van der Waals surface area contributed by atoms with E-state index >= 15 is 0 Å². The van der Waals surface area contributed by atoms with Gasteiger partial charge >= 0.3 is 0 Å². The van der Waals surface area contributed by atoms with Gasteiger partial charge in [0, 0.05) is 10.6 Å². The number of nitrogens with zero attached hydrogens (tertiary/aromatic N) is 2. The zero-order chi connectivity index (χ0) is 12.3. The SMILES string of the molecule is Cc1cc(Cl)nc(CSc2ccccc2O)n1. The molecule has 1 aromatic carbocycles. The molecule has 0 aliphatic heterocycles. The van der Waals surface area contributed by atoms with Crippen LogP contribution >= 0.6 is 23.4 Å². The summed E-state index contributed by atoms with van der Waals surface area (Å²) in [6.45, 7) is 1.88. The summed E-state index contributed by atoms with van der Waals surface area (Å²) in [5, 5.41) is 10.1. The van der Waals surface area contributed by atoms with Crippen LogP contribution in [-0.2, 0) is 5.75 Å². The number of aryl methyl sites for hydroxylation is 1. The number of rotatable bonds is 3. The van der Waals surface area contributed by atoms with E-state index in [0.717, 1.165) is 10.6 Å². The van der Waals surface area contributed by atoms with Crippen LogP contribution in [0.3, 0.4) is 0 Å². The van der Waals surface area contributed by atoms with Crippen LogP contribution in [-0.4, -0.2) is 15.1 Å². The molecule has 0 bridgehead atoms. The maximum absolute atomic E-state index is 9.61. The van der Waals surface area contributed by atoms with Gasteiger partial charge in [0.25, 0.3) is 0 Å². The van der Waals surface area contributed by atoms with Crippen molar-refractivity contribution in [2.24, 2.45) is 0 Å². The Bertz CT molecular complexity index is 513. The number of hydrogen-bond donors (Lipinski definition) is 1. The molecule has 0 fully saturated rings. The minimum absolute atomic E-state index is 0.274. The molecule has 2 aromatic rings. The molecule has 0 amide bonds. The zero-order valence-corrected chi connectivity index (χ0v) is 10.8. The molecule has 0 aliphatic rings. The molecule has 0 radical (unpaired) electrons. The molecule has 0 atom stereocenters. The number of phenolic OH excluding ortho intramolecular Hbond substituents is 1. The average molecular weight is 267 g/mol. The molecule has 3 nitrogen and oxygen atoms in total. The van der Waals surface area contributed by atoms with E-state index in [4.69, 9.17) is 11.6 Å². The number of phenols is 1. The molecule has 0 unspecified atom stereocenters. The van der Waals surface area contributed by atoms with E-state index in [-0.39, 0.29) is 5.75 Å². The molecule has 5 heteroatoms. The maximum Gasteiger partial charge on any atom is 0.140 e. The second-order valence-electron chi connectivity index (χ2n) is 3.50. The zero-order valence-electron chi connectivity index (χ0n) is 9.22. The Hall–Kier alpha value is -1.26. The van der Waals surface area contributed by atoms with Crippen LogP contribution in [0.25, 0.3) is 0 Å². The third-order valence-corrected chi connectivity index (χ3v) is 3.34. The Morgan fingerprint density at radius 2 is 2.06 bits per heavy atom. The predicted octanol–water partition coefficient (Wildman–Crippen LogP) is 3.44. The van der Waals surface area contributed by atoms with Gasteiger partial charge in [-0.2, -0.15) is 0 Å². The Morgan fingerprint density at radius 3 is 2.76 bits per heavy atom. The highest BCUT2D eigenvalue weighted by atomic mass is 35.5. The molecule has 0 aliphatic carbocycles. The average Bonchev–Trinajstić information content (AvgIpc) is 2.27. The highest BCUT2D eigenvalue weighted by Gasteiger charge is 2.04. The lowest BCUT2D eigenvalue weighted by molar-refractivity contribution is 0.462. The van der Waals surface area contributed by atoms with Crippen LogP contribution in [0, 0.1) is 6.92 Å². The standard InChI is InChI=1S/C12H11ClN2OS/c1-8-6-11(13)15-12(14-8)7-17-10-5-3-2-4-9(10)16/h2-6,16H,7H2,1H3. The van der Waals surface area contributed by atoms with E-state index in [9.17, 15) is 5.11 Å². The molecule has 17 heavy (non-hydrogen) atoms. The van der Waals surface area contributed by atoms with Gasteiger partial charge in [0.15, 0.2) is 0 Å². The highest BCUT2D eigenvalue weighted by molar-refractivity contribution is 7.98. The van der Waals surface area contributed by atoms with Crippen LogP contribution < -0.4 is 0 Å². The number of aromatic hydroxyl groups is 1. The van der Waals surface area contributed by atoms with E-state index in [1.54, 1.807) is 18.2 Å². The molecule has 0 saturated carbocycles. The number of para-hydroxylation sites is 1. The molecule has 1 aromatic heterocycles. The van der Waals surface area contributed by atoms with Gasteiger partial charge in [-0.05, 0) is 25.1 Å². The normalized spacial score (nSPS) is 10.5. The van der Waals surface area contributed by atoms with E-state index < -0.39 is 0 Å². The van der Waals surface area contributed by atoms with Crippen molar-refractivity contribution in [2.75, 3.05) is 0 Å². The molecule has 88 valence electrons. The first-order valence-electron chi connectivity index (χ1n) is 5.06. The van der Waals surface area contributed by atoms with Crippen molar-refractivity contribution in [3.63, 3.8) is 0 Å². The van der Waals surface area contributed by atoms with Crippen molar-refractivity contribution in [3.05, 3.63) is 47.0 Å². The quantitative estimate of drug-likeness (QED) is 0.683. The monoisotopic (exact) mass is 266 g/mol. The summed E-state index contributed by atoms with van der Waals surface area (Å²) in [5.74, 6) is 1.53. The molecule has 1 N–H and O–H groups in total. The van der Waals surface area contributed by atoms with Crippen LogP contribution in [0.4, 0.5) is 0 Å². The second kappa shape index (κ2) is 5.38. The smallest absolute Gasteiger partial charge is 0.140 e. The maximum atomic E-state index is 9.61. The molecular formula is C12H11ClN2OS. The number of thioether (sulfide) groups is 1. The van der Waals surface area contributed by atoms with Crippen molar-refractivity contribution in [2.45, 2.75) is 17.6 Å². The lowest BCUT2D eigenvalue weighted by atomic mass is 10.3. The van der Waals surface area contributed by atoms with Crippen LogP contribution in [0.2, 0.25) is 5.15 Å². The fourth-order valence-electron chi connectivity index (χ4n) is 1.37. The largest absolute Gasteiger partial charge is 0.507 e. The Balaban J connectivity index is 2.10. The summed E-state index contributed by atoms with van der Waals surface area (Å²) < 4.78 is 0. The topological polar surface area (TPSA) is 46.0 Å². The summed E-state index contributed by atoms with van der Waals surface area (Å²) in [5.41, 5.74) is 0.845. The van der Waals surface area contributed by atoms with Gasteiger partial charge in [0.1, 0.15) is 16.7 Å². The second-order valence-corrected chi connectivity index (χ2v) is 4.91. The minimum Gasteiger partial charge on any atom is -0.507 e. The molecule has 1 heterocycles. The van der Waals surface area contributed by atoms with E-state index in [0.29, 0.717) is 16.7 Å². The van der Waals surface area contributed by atoms with Gasteiger partial charge in [-0.3, -0.25) is 0 Å². The summed E-state index contributed by atoms with van der Waals surface area (Å²) >= 11 is 7.34. The highest BCUT2D eigenvalue weighted by Crippen LogP contribution is 2.29. The number of aromatic nitrogens is 2. The van der Waals surface area contributed by atoms with Crippen molar-refractivity contribution in [1.29, 1.82) is 0 Å². The fraction of sp³-hybridized carbons (Fsp3) is 0.167. The van der Waals surface area contributed by atoms with Gasteiger partial charge in [-0.1, -0.05) is 23.7 Å². The van der Waals surface area contributed by atoms with E-state index in [2.05, 4.69) is 9.97 Å². The Morgan fingerprint density at radius 1 is 1.29 bits per heavy atom. The third kappa shape index (κ3) is 3.35. The van der Waals surface area contributed by atoms with Crippen molar-refractivity contribution >= 4 is 23.4 Å². The van der Waals surface area contributed by atoms with E-state index in [1.807, 2.05) is 19.1 Å². The van der Waals surface area contributed by atoms with Crippen molar-refractivity contribution in [1.82, 2.24) is 9.97 Å². The number of benzene rings is 1. The minimum atomic E-state index is 0.274. The molecule has 0 spiro atoms. The summed E-state index contributed by atoms with van der Waals surface area (Å²) in [7, 11) is 0. The van der Waals surface area contributed by atoms with E-state index in [1.165, 1.54) is 11.8 Å². The summed E-state index contributed by atoms with van der Waals surface area (Å²) in [4.78, 5) is 9.22. The lowest BCUT2D eigenvalue weighted by Gasteiger charge is -2.04. The van der Waals surface area contributed by atoms with Gasteiger partial charge in [-0.25, -0.2) is 9.97 Å². The summed E-state index contributed by atoms with van der Waals surface area (Å²) in [6, 6.07) is 8.91. The lowest BCUT2D eigenvalue weighted by Crippen LogP contribution is -1.95. The van der Waals surface area contributed by atoms with Crippen LogP contribution in [0.5, 0.6) is 5.75 Å². The van der Waals surface area contributed by atoms with Gasteiger partial charge in [0.05, 0.1) is 5.75 Å². The first kappa shape index (κ1) is 12.2. The first-order valence-corrected chi connectivity index (χ1v) is 6.42. The van der Waals surface area contributed by atoms with Crippen LogP contribution in [0.15, 0.2) is 35.2 Å². The Labute approximate surface area is 109 Å². The first-order chi connectivity index (χ1) is 8.15. The predicted molar refractivity (Wildman–Crippen MR) is 69.4 cm³/mol. The van der Waals surface area contributed by atoms with Gasteiger partial charge in [-0.15, -0.1) is 11.8 Å². The third-order valence-electron chi connectivity index (χ3n) is 2.09. The molecule has 2 rings (SSSR count). The van der Waals surface area contributed by atoms with Crippen molar-refractivity contribution in [3.8, 4) is 5.75 Å². The molecular weight excluding hydrogens is 256 g/mol. The van der Waals surface area contributed by atoms with Gasteiger partial charge in [0.2, 0.25) is 0 Å². The van der Waals surface area contributed by atoms with Gasteiger partial charge < -0.3 is 5.11 Å². The Kier molecular flexibility index (Phi) is 3.86. The number of hydrogen-bond acceptors (Lipinski definition) is 4. The molecule has 0 saturated heterocycles. The van der Waals surface area contributed by atoms with Crippen LogP contribution in [0.1, 0.15) is 11.5 Å². The number of halogens is 1.